The van der Waals surface area contributed by atoms with Crippen LogP contribution in [0.1, 0.15) is 16.7 Å². The molecule has 0 aliphatic carbocycles. The molecule has 0 heterocycles. The monoisotopic (exact) mass is 317 g/mol. The summed E-state index contributed by atoms with van der Waals surface area (Å²) in [6, 6.07) is 12.8. The summed E-state index contributed by atoms with van der Waals surface area (Å²) in [7, 11) is 1.71. The molecule has 2 nitrogen and oxygen atoms in total. The smallest absolute Gasteiger partial charge is 0.232 e. The van der Waals surface area contributed by atoms with Crippen LogP contribution in [0.4, 0.5) is 4.39 Å². The van der Waals surface area contributed by atoms with E-state index in [0.717, 1.165) is 4.90 Å². The van der Waals surface area contributed by atoms with Crippen LogP contribution in [-0.4, -0.2) is 23.6 Å². The first-order chi connectivity index (χ1) is 10.5. The first-order valence-electron chi connectivity index (χ1n) is 7.15. The van der Waals surface area contributed by atoms with Crippen LogP contribution in [0, 0.1) is 19.7 Å². The predicted molar refractivity (Wildman–Crippen MR) is 89.5 cm³/mol. The molecular formula is C18H20FNOS. The number of rotatable bonds is 5. The SMILES string of the molecule is Cc1ccc(C)c(SCC(=O)N(C)Cc2ccccc2F)c1. The molecule has 0 spiro atoms. The number of hydrogen-bond acceptors (Lipinski definition) is 2. The Morgan fingerprint density at radius 3 is 2.64 bits per heavy atom. The molecule has 1 amide bonds. The summed E-state index contributed by atoms with van der Waals surface area (Å²) in [5, 5.41) is 0. The first kappa shape index (κ1) is 16.6. The van der Waals surface area contributed by atoms with Crippen molar-refractivity contribution in [1.82, 2.24) is 4.90 Å². The van der Waals surface area contributed by atoms with Crippen molar-refractivity contribution in [3.63, 3.8) is 0 Å². The number of thioether (sulfide) groups is 1. The zero-order valence-electron chi connectivity index (χ0n) is 13.1. The molecule has 0 saturated heterocycles. The van der Waals surface area contributed by atoms with Gasteiger partial charge in [-0.2, -0.15) is 0 Å². The number of halogens is 1. The van der Waals surface area contributed by atoms with Crippen molar-refractivity contribution in [3.8, 4) is 0 Å². The zero-order chi connectivity index (χ0) is 16.1. The number of carbonyl (C=O) groups is 1. The molecule has 0 aliphatic rings. The molecule has 2 rings (SSSR count). The maximum Gasteiger partial charge on any atom is 0.232 e. The second kappa shape index (κ2) is 7.45. The summed E-state index contributed by atoms with van der Waals surface area (Å²) >= 11 is 1.53. The van der Waals surface area contributed by atoms with Gasteiger partial charge >= 0.3 is 0 Å². The van der Waals surface area contributed by atoms with Crippen LogP contribution in [-0.2, 0) is 11.3 Å². The molecule has 2 aromatic carbocycles. The molecule has 0 atom stereocenters. The van der Waals surface area contributed by atoms with Gasteiger partial charge in [0.05, 0.1) is 5.75 Å². The van der Waals surface area contributed by atoms with Gasteiger partial charge in [-0.3, -0.25) is 4.79 Å². The molecule has 4 heteroatoms. The lowest BCUT2D eigenvalue weighted by Gasteiger charge is -2.18. The van der Waals surface area contributed by atoms with Crippen LogP contribution in [0.3, 0.4) is 0 Å². The third kappa shape index (κ3) is 4.34. The lowest BCUT2D eigenvalue weighted by Crippen LogP contribution is -2.28. The summed E-state index contributed by atoms with van der Waals surface area (Å²) in [5.74, 6) is 0.0772. The quantitative estimate of drug-likeness (QED) is 0.771. The van der Waals surface area contributed by atoms with Crippen LogP contribution in [0.5, 0.6) is 0 Å². The molecule has 0 radical (unpaired) electrons. The van der Waals surface area contributed by atoms with Crippen LogP contribution in [0.15, 0.2) is 47.4 Å². The van der Waals surface area contributed by atoms with Gasteiger partial charge in [-0.15, -0.1) is 11.8 Å². The van der Waals surface area contributed by atoms with Crippen molar-refractivity contribution in [3.05, 3.63) is 65.0 Å². The number of nitrogens with zero attached hydrogens (tertiary/aromatic N) is 1. The lowest BCUT2D eigenvalue weighted by atomic mass is 10.2. The van der Waals surface area contributed by atoms with Crippen molar-refractivity contribution >= 4 is 17.7 Å². The van der Waals surface area contributed by atoms with Gasteiger partial charge < -0.3 is 4.90 Å². The van der Waals surface area contributed by atoms with E-state index in [2.05, 4.69) is 18.2 Å². The van der Waals surface area contributed by atoms with Crippen molar-refractivity contribution in [1.29, 1.82) is 0 Å². The van der Waals surface area contributed by atoms with E-state index in [1.54, 1.807) is 30.1 Å². The minimum atomic E-state index is -0.274. The summed E-state index contributed by atoms with van der Waals surface area (Å²) in [4.78, 5) is 14.9. The van der Waals surface area contributed by atoms with E-state index in [1.165, 1.54) is 29.0 Å². The number of amides is 1. The van der Waals surface area contributed by atoms with E-state index in [0.29, 0.717) is 17.9 Å². The Hall–Kier alpha value is -1.81. The maximum absolute atomic E-state index is 13.6. The summed E-state index contributed by atoms with van der Waals surface area (Å²) in [6.45, 7) is 4.36. The van der Waals surface area contributed by atoms with Gasteiger partial charge in [0.2, 0.25) is 5.91 Å². The molecule has 0 unspecified atom stereocenters. The molecule has 0 aliphatic heterocycles. The highest BCUT2D eigenvalue weighted by molar-refractivity contribution is 8.00. The standard InChI is InChI=1S/C18H20FNOS/c1-13-8-9-14(2)17(10-13)22-12-18(21)20(3)11-15-6-4-5-7-16(15)19/h4-10H,11-12H2,1-3H3. The number of carbonyl (C=O) groups excluding carboxylic acids is 1. The highest BCUT2D eigenvalue weighted by Gasteiger charge is 2.12. The average molecular weight is 317 g/mol. The van der Waals surface area contributed by atoms with Crippen molar-refractivity contribution in [2.75, 3.05) is 12.8 Å². The molecule has 0 N–H and O–H groups in total. The molecular weight excluding hydrogens is 297 g/mol. The predicted octanol–water partition coefficient (Wildman–Crippen LogP) is 4.19. The zero-order valence-corrected chi connectivity index (χ0v) is 13.9. The Morgan fingerprint density at radius 2 is 1.91 bits per heavy atom. The van der Waals surface area contributed by atoms with Gasteiger partial charge in [-0.05, 0) is 31.5 Å². The fraction of sp³-hybridized carbons (Fsp3) is 0.278. The van der Waals surface area contributed by atoms with Crippen LogP contribution >= 0.6 is 11.8 Å². The van der Waals surface area contributed by atoms with Gasteiger partial charge in [-0.1, -0.05) is 35.9 Å². The summed E-state index contributed by atoms with van der Waals surface area (Å²) in [6.07, 6.45) is 0. The molecule has 2 aromatic rings. The van der Waals surface area contributed by atoms with E-state index in [-0.39, 0.29) is 11.7 Å². The van der Waals surface area contributed by atoms with E-state index in [9.17, 15) is 9.18 Å². The van der Waals surface area contributed by atoms with Crippen LogP contribution in [0.2, 0.25) is 0 Å². The van der Waals surface area contributed by atoms with Gasteiger partial charge in [0.1, 0.15) is 5.82 Å². The Morgan fingerprint density at radius 1 is 1.18 bits per heavy atom. The minimum Gasteiger partial charge on any atom is -0.341 e. The maximum atomic E-state index is 13.6. The van der Waals surface area contributed by atoms with Gasteiger partial charge in [-0.25, -0.2) is 4.39 Å². The number of benzene rings is 2. The summed E-state index contributed by atoms with van der Waals surface area (Å²) in [5.41, 5.74) is 2.88. The van der Waals surface area contributed by atoms with Gasteiger partial charge in [0.25, 0.3) is 0 Å². The van der Waals surface area contributed by atoms with E-state index in [1.807, 2.05) is 13.8 Å². The van der Waals surface area contributed by atoms with E-state index in [4.69, 9.17) is 0 Å². The van der Waals surface area contributed by atoms with Gasteiger partial charge in [0.15, 0.2) is 0 Å². The number of aryl methyl sites for hydroxylation is 2. The van der Waals surface area contributed by atoms with Crippen molar-refractivity contribution in [2.24, 2.45) is 0 Å². The molecule has 116 valence electrons. The molecule has 0 saturated carbocycles. The van der Waals surface area contributed by atoms with Crippen molar-refractivity contribution in [2.45, 2.75) is 25.3 Å². The minimum absolute atomic E-state index is 0.00541. The fourth-order valence-electron chi connectivity index (χ4n) is 2.08. The van der Waals surface area contributed by atoms with Crippen molar-refractivity contribution < 1.29 is 9.18 Å². The van der Waals surface area contributed by atoms with E-state index >= 15 is 0 Å². The Balaban J connectivity index is 1.94. The van der Waals surface area contributed by atoms with E-state index < -0.39 is 0 Å². The molecule has 22 heavy (non-hydrogen) atoms. The fourth-order valence-corrected chi connectivity index (χ4v) is 3.15. The largest absolute Gasteiger partial charge is 0.341 e. The highest BCUT2D eigenvalue weighted by atomic mass is 32.2. The second-order valence-corrected chi connectivity index (χ2v) is 6.42. The normalized spacial score (nSPS) is 10.5. The molecule has 0 aromatic heterocycles. The highest BCUT2D eigenvalue weighted by Crippen LogP contribution is 2.24. The summed E-state index contributed by atoms with van der Waals surface area (Å²) < 4.78 is 13.6. The Labute approximate surface area is 135 Å². The van der Waals surface area contributed by atoms with Crippen LogP contribution in [0.25, 0.3) is 0 Å². The topological polar surface area (TPSA) is 20.3 Å². The Kier molecular flexibility index (Phi) is 5.61. The van der Waals surface area contributed by atoms with Gasteiger partial charge in [0, 0.05) is 24.1 Å². The first-order valence-corrected chi connectivity index (χ1v) is 8.13. The molecule has 0 fully saturated rings. The number of hydrogen-bond donors (Lipinski definition) is 0. The lowest BCUT2D eigenvalue weighted by molar-refractivity contribution is -0.127. The second-order valence-electron chi connectivity index (χ2n) is 5.40. The average Bonchev–Trinajstić information content (AvgIpc) is 2.50. The third-order valence-electron chi connectivity index (χ3n) is 3.49. The Bertz CT molecular complexity index is 672. The third-order valence-corrected chi connectivity index (χ3v) is 4.63. The molecule has 0 bridgehead atoms. The van der Waals surface area contributed by atoms with Crippen LogP contribution < -0.4 is 0 Å².